The second kappa shape index (κ2) is 6.34. The average molecular weight is 340 g/mol. The van der Waals surface area contributed by atoms with Crippen molar-refractivity contribution in [2.24, 2.45) is 5.92 Å². The number of halogens is 1. The van der Waals surface area contributed by atoms with E-state index in [1.807, 2.05) is 6.07 Å². The van der Waals surface area contributed by atoms with Gasteiger partial charge in [0, 0.05) is 18.9 Å². The molecule has 1 aromatic carbocycles. The maximum atomic E-state index is 12.8. The SMILES string of the molecule is COC(=O)c1ccc(N2CC(CS(=O)(=O)F)CC2=O)c(C#N)c1. The first-order valence-electron chi connectivity index (χ1n) is 6.60. The van der Waals surface area contributed by atoms with Gasteiger partial charge in [0.2, 0.25) is 5.91 Å². The molecule has 1 unspecified atom stereocenters. The molecule has 1 aliphatic rings. The van der Waals surface area contributed by atoms with Gasteiger partial charge in [-0.05, 0) is 18.2 Å². The molecular weight excluding hydrogens is 327 g/mol. The molecule has 2 rings (SSSR count). The van der Waals surface area contributed by atoms with Crippen molar-refractivity contribution in [3.63, 3.8) is 0 Å². The highest BCUT2D eigenvalue weighted by molar-refractivity contribution is 7.86. The smallest absolute Gasteiger partial charge is 0.337 e. The van der Waals surface area contributed by atoms with Crippen LogP contribution in [0.4, 0.5) is 9.57 Å². The number of methoxy groups -OCH3 is 1. The Bertz CT molecular complexity index is 800. The van der Waals surface area contributed by atoms with Gasteiger partial charge >= 0.3 is 16.2 Å². The van der Waals surface area contributed by atoms with Crippen LogP contribution in [0.15, 0.2) is 18.2 Å². The lowest BCUT2D eigenvalue weighted by molar-refractivity contribution is -0.117. The molecule has 1 saturated heterocycles. The summed E-state index contributed by atoms with van der Waals surface area (Å²) in [6.45, 7) is -0.00572. The van der Waals surface area contributed by atoms with Crippen LogP contribution < -0.4 is 4.90 Å². The van der Waals surface area contributed by atoms with Crippen molar-refractivity contribution in [3.8, 4) is 6.07 Å². The van der Waals surface area contributed by atoms with E-state index in [2.05, 4.69) is 4.74 Å². The van der Waals surface area contributed by atoms with Gasteiger partial charge in [-0.25, -0.2) is 4.79 Å². The zero-order chi connectivity index (χ0) is 17.2. The zero-order valence-electron chi connectivity index (χ0n) is 12.2. The number of carbonyl (C=O) groups is 2. The van der Waals surface area contributed by atoms with Crippen LogP contribution in [-0.4, -0.2) is 39.7 Å². The standard InChI is InChI=1S/C14H13FN2O5S/c1-22-14(19)10-2-3-12(11(5-10)6-16)17-7-9(4-13(17)18)8-23(15,20)21/h2-3,5,9H,4,7-8H2,1H3. The summed E-state index contributed by atoms with van der Waals surface area (Å²) in [4.78, 5) is 24.7. The first-order valence-corrected chi connectivity index (χ1v) is 8.15. The molecule has 0 saturated carbocycles. The van der Waals surface area contributed by atoms with Crippen LogP contribution in [0.5, 0.6) is 0 Å². The van der Waals surface area contributed by atoms with Gasteiger partial charge in [-0.1, -0.05) is 0 Å². The van der Waals surface area contributed by atoms with Gasteiger partial charge in [-0.3, -0.25) is 4.79 Å². The lowest BCUT2D eigenvalue weighted by Gasteiger charge is -2.18. The zero-order valence-corrected chi connectivity index (χ0v) is 13.0. The number of rotatable bonds is 4. The second-order valence-corrected chi connectivity index (χ2v) is 6.53. The van der Waals surface area contributed by atoms with Crippen molar-refractivity contribution in [2.45, 2.75) is 6.42 Å². The highest BCUT2D eigenvalue weighted by atomic mass is 32.3. The minimum absolute atomic E-state index is 0.00572. The molecular formula is C14H13FN2O5S. The maximum absolute atomic E-state index is 12.8. The minimum atomic E-state index is -4.68. The summed E-state index contributed by atoms with van der Waals surface area (Å²) >= 11 is 0. The number of esters is 1. The summed E-state index contributed by atoms with van der Waals surface area (Å²) in [6, 6.07) is 5.98. The molecule has 1 amide bonds. The number of nitrogens with zero attached hydrogens (tertiary/aromatic N) is 2. The number of hydrogen-bond acceptors (Lipinski definition) is 6. The van der Waals surface area contributed by atoms with Crippen molar-refractivity contribution in [3.05, 3.63) is 29.3 Å². The van der Waals surface area contributed by atoms with Crippen LogP contribution in [0.3, 0.4) is 0 Å². The number of amides is 1. The van der Waals surface area contributed by atoms with Crippen molar-refractivity contribution >= 4 is 27.8 Å². The first kappa shape index (κ1) is 16.9. The number of benzene rings is 1. The maximum Gasteiger partial charge on any atom is 0.337 e. The third kappa shape index (κ3) is 3.84. The average Bonchev–Trinajstić information content (AvgIpc) is 2.83. The fourth-order valence-corrected chi connectivity index (χ4v) is 3.30. The van der Waals surface area contributed by atoms with Gasteiger partial charge in [0.05, 0.1) is 29.7 Å². The van der Waals surface area contributed by atoms with Crippen LogP contribution in [-0.2, 0) is 19.8 Å². The molecule has 0 bridgehead atoms. The molecule has 1 fully saturated rings. The van der Waals surface area contributed by atoms with Crippen LogP contribution in [0, 0.1) is 17.2 Å². The molecule has 7 nitrogen and oxygen atoms in total. The Kier molecular flexibility index (Phi) is 4.65. The lowest BCUT2D eigenvalue weighted by atomic mass is 10.1. The Morgan fingerprint density at radius 1 is 1.52 bits per heavy atom. The van der Waals surface area contributed by atoms with Crippen LogP contribution >= 0.6 is 0 Å². The summed E-state index contributed by atoms with van der Waals surface area (Å²) < 4.78 is 38.7. The lowest BCUT2D eigenvalue weighted by Crippen LogP contribution is -2.26. The number of anilines is 1. The van der Waals surface area contributed by atoms with Crippen LogP contribution in [0.2, 0.25) is 0 Å². The summed E-state index contributed by atoms with van der Waals surface area (Å²) in [5.41, 5.74) is 0.483. The Morgan fingerprint density at radius 3 is 2.78 bits per heavy atom. The van der Waals surface area contributed by atoms with Crippen LogP contribution in [0.25, 0.3) is 0 Å². The highest BCUT2D eigenvalue weighted by Gasteiger charge is 2.34. The molecule has 1 atom stereocenters. The van der Waals surface area contributed by atoms with Gasteiger partial charge in [0.15, 0.2) is 0 Å². The molecule has 23 heavy (non-hydrogen) atoms. The number of ether oxygens (including phenoxy) is 1. The molecule has 0 N–H and O–H groups in total. The van der Waals surface area contributed by atoms with E-state index in [4.69, 9.17) is 0 Å². The molecule has 1 aliphatic heterocycles. The molecule has 0 aromatic heterocycles. The fourth-order valence-electron chi connectivity index (χ4n) is 2.51. The van der Waals surface area contributed by atoms with E-state index in [-0.39, 0.29) is 29.8 Å². The van der Waals surface area contributed by atoms with E-state index in [0.717, 1.165) is 0 Å². The topological polar surface area (TPSA) is 105 Å². The Balaban J connectivity index is 2.30. The molecule has 122 valence electrons. The predicted octanol–water partition coefficient (Wildman–Crippen LogP) is 0.997. The van der Waals surface area contributed by atoms with Gasteiger partial charge in [-0.2, -0.15) is 13.7 Å². The van der Waals surface area contributed by atoms with Gasteiger partial charge < -0.3 is 9.64 Å². The van der Waals surface area contributed by atoms with E-state index >= 15 is 0 Å². The monoisotopic (exact) mass is 340 g/mol. The second-order valence-electron chi connectivity index (χ2n) is 5.12. The predicted molar refractivity (Wildman–Crippen MR) is 77.9 cm³/mol. The molecule has 0 spiro atoms. The van der Waals surface area contributed by atoms with E-state index in [1.165, 1.54) is 30.2 Å². The Hall–Kier alpha value is -2.47. The van der Waals surface area contributed by atoms with Gasteiger partial charge in [-0.15, -0.1) is 3.89 Å². The number of carbonyl (C=O) groups excluding carboxylic acids is 2. The van der Waals surface area contributed by atoms with Crippen LogP contribution in [0.1, 0.15) is 22.3 Å². The van der Waals surface area contributed by atoms with Gasteiger partial charge in [0.25, 0.3) is 0 Å². The van der Waals surface area contributed by atoms with Crippen molar-refractivity contribution in [1.82, 2.24) is 0 Å². The first-order chi connectivity index (χ1) is 10.7. The summed E-state index contributed by atoms with van der Waals surface area (Å²) in [7, 11) is -3.48. The van der Waals surface area contributed by atoms with Crippen molar-refractivity contribution in [1.29, 1.82) is 5.26 Å². The summed E-state index contributed by atoms with van der Waals surface area (Å²) in [5.74, 6) is -2.44. The highest BCUT2D eigenvalue weighted by Crippen LogP contribution is 2.29. The molecule has 1 aromatic rings. The summed E-state index contributed by atoms with van der Waals surface area (Å²) in [5, 5.41) is 9.20. The van der Waals surface area contributed by atoms with Crippen molar-refractivity contribution < 1.29 is 26.6 Å². The van der Waals surface area contributed by atoms with Crippen molar-refractivity contribution in [2.75, 3.05) is 24.3 Å². The molecule has 0 radical (unpaired) electrons. The minimum Gasteiger partial charge on any atom is -0.465 e. The van der Waals surface area contributed by atoms with E-state index in [1.54, 1.807) is 0 Å². The number of hydrogen-bond donors (Lipinski definition) is 0. The number of nitriles is 1. The van der Waals surface area contributed by atoms with E-state index in [0.29, 0.717) is 0 Å². The quantitative estimate of drug-likeness (QED) is 0.598. The third-order valence-electron chi connectivity index (χ3n) is 3.47. The molecule has 1 heterocycles. The Labute approximate surface area is 132 Å². The van der Waals surface area contributed by atoms with E-state index < -0.39 is 33.8 Å². The third-order valence-corrected chi connectivity index (χ3v) is 4.34. The molecule has 9 heteroatoms. The van der Waals surface area contributed by atoms with E-state index in [9.17, 15) is 27.2 Å². The fraction of sp³-hybridized carbons (Fsp3) is 0.357. The van der Waals surface area contributed by atoms with Gasteiger partial charge in [0.1, 0.15) is 6.07 Å². The largest absolute Gasteiger partial charge is 0.465 e. The Morgan fingerprint density at radius 2 is 2.22 bits per heavy atom. The summed E-state index contributed by atoms with van der Waals surface area (Å²) in [6.07, 6.45) is -0.118. The normalized spacial score (nSPS) is 17.9. The molecule has 0 aliphatic carbocycles.